The smallest absolute Gasteiger partial charge is 0.110 e. The van der Waals surface area contributed by atoms with Crippen molar-refractivity contribution in [3.05, 3.63) is 42.5 Å². The van der Waals surface area contributed by atoms with Crippen LogP contribution in [0.2, 0.25) is 0 Å². The van der Waals surface area contributed by atoms with E-state index in [1.165, 1.54) is 16.5 Å². The summed E-state index contributed by atoms with van der Waals surface area (Å²) >= 11 is 0. The molecular weight excluding hydrogens is 248 g/mol. The molecule has 0 aliphatic heterocycles. The first kappa shape index (κ1) is 12.9. The molecule has 2 heterocycles. The average molecular weight is 268 g/mol. The molecule has 2 aromatic heterocycles. The van der Waals surface area contributed by atoms with Gasteiger partial charge in [-0.2, -0.15) is 0 Å². The second-order valence-electron chi connectivity index (χ2n) is 5.18. The molecule has 0 atom stereocenters. The van der Waals surface area contributed by atoms with Gasteiger partial charge in [0.2, 0.25) is 0 Å². The van der Waals surface area contributed by atoms with Crippen molar-refractivity contribution in [3.8, 4) is 11.3 Å². The van der Waals surface area contributed by atoms with E-state index in [9.17, 15) is 0 Å². The van der Waals surface area contributed by atoms with Crippen molar-refractivity contribution in [1.82, 2.24) is 19.4 Å². The van der Waals surface area contributed by atoms with E-state index in [1.807, 2.05) is 7.05 Å². The number of fused-ring (bicyclic) bond motifs is 1. The van der Waals surface area contributed by atoms with Crippen LogP contribution in [0.4, 0.5) is 0 Å². The summed E-state index contributed by atoms with van der Waals surface area (Å²) in [7, 11) is 6.11. The first-order chi connectivity index (χ1) is 9.70. The van der Waals surface area contributed by atoms with E-state index >= 15 is 0 Å². The topological polar surface area (TPSA) is 34.8 Å². The number of aromatic nitrogens is 3. The maximum absolute atomic E-state index is 4.79. The molecular formula is C16H20N4. The lowest BCUT2D eigenvalue weighted by atomic mass is 10.1. The normalized spacial score (nSPS) is 11.3. The van der Waals surface area contributed by atoms with Crippen LogP contribution < -0.4 is 5.32 Å². The second-order valence-corrected chi connectivity index (χ2v) is 5.18. The zero-order valence-electron chi connectivity index (χ0n) is 12.2. The fourth-order valence-corrected chi connectivity index (χ4v) is 2.65. The summed E-state index contributed by atoms with van der Waals surface area (Å²) in [5.41, 5.74) is 3.50. The molecule has 0 aliphatic rings. The maximum atomic E-state index is 4.79. The van der Waals surface area contributed by atoms with Crippen molar-refractivity contribution in [2.24, 2.45) is 14.1 Å². The molecule has 0 saturated heterocycles. The Labute approximate surface area is 119 Å². The first-order valence-corrected chi connectivity index (χ1v) is 6.92. The number of aryl methyl sites for hydroxylation is 2. The van der Waals surface area contributed by atoms with Gasteiger partial charge in [-0.3, -0.25) is 0 Å². The second kappa shape index (κ2) is 5.13. The van der Waals surface area contributed by atoms with Crippen LogP contribution in [0.3, 0.4) is 0 Å². The third-order valence-electron chi connectivity index (χ3n) is 3.74. The fourth-order valence-electron chi connectivity index (χ4n) is 2.65. The molecule has 0 radical (unpaired) electrons. The number of hydrogen-bond acceptors (Lipinski definition) is 2. The van der Waals surface area contributed by atoms with Crippen LogP contribution >= 0.6 is 0 Å². The SMILES string of the molecule is CNCCc1nc(-c2cn(C)c3ccccc23)cn1C. The van der Waals surface area contributed by atoms with Gasteiger partial charge in [-0.1, -0.05) is 18.2 Å². The predicted molar refractivity (Wildman–Crippen MR) is 82.8 cm³/mol. The summed E-state index contributed by atoms with van der Waals surface area (Å²) in [5.74, 6) is 1.11. The fraction of sp³-hybridized carbons (Fsp3) is 0.312. The minimum atomic E-state index is 0.942. The molecule has 3 rings (SSSR count). The molecule has 0 fully saturated rings. The zero-order chi connectivity index (χ0) is 14.1. The van der Waals surface area contributed by atoms with Gasteiger partial charge in [-0.15, -0.1) is 0 Å². The van der Waals surface area contributed by atoms with Crippen LogP contribution in [0, 0.1) is 0 Å². The third kappa shape index (κ3) is 2.12. The molecule has 3 aromatic rings. The Balaban J connectivity index is 2.07. The number of likely N-dealkylation sites (N-methyl/N-ethyl adjacent to an activating group) is 1. The van der Waals surface area contributed by atoms with Gasteiger partial charge in [0.15, 0.2) is 0 Å². The number of imidazole rings is 1. The Morgan fingerprint density at radius 3 is 2.70 bits per heavy atom. The van der Waals surface area contributed by atoms with Gasteiger partial charge in [-0.05, 0) is 13.1 Å². The zero-order valence-corrected chi connectivity index (χ0v) is 12.2. The largest absolute Gasteiger partial charge is 0.350 e. The average Bonchev–Trinajstić information content (AvgIpc) is 2.98. The van der Waals surface area contributed by atoms with Gasteiger partial charge in [-0.25, -0.2) is 4.98 Å². The summed E-state index contributed by atoms with van der Waals surface area (Å²) in [6.07, 6.45) is 5.22. The molecule has 0 amide bonds. The molecule has 0 saturated carbocycles. The van der Waals surface area contributed by atoms with Crippen molar-refractivity contribution in [2.45, 2.75) is 6.42 Å². The number of benzene rings is 1. The first-order valence-electron chi connectivity index (χ1n) is 6.92. The van der Waals surface area contributed by atoms with E-state index in [1.54, 1.807) is 0 Å². The Morgan fingerprint density at radius 2 is 1.90 bits per heavy atom. The van der Waals surface area contributed by atoms with Crippen molar-refractivity contribution < 1.29 is 0 Å². The minimum absolute atomic E-state index is 0.942. The molecule has 1 aromatic carbocycles. The van der Waals surface area contributed by atoms with E-state index in [-0.39, 0.29) is 0 Å². The maximum Gasteiger partial charge on any atom is 0.110 e. The van der Waals surface area contributed by atoms with Crippen LogP contribution in [0.15, 0.2) is 36.7 Å². The van der Waals surface area contributed by atoms with E-state index in [0.717, 1.165) is 24.5 Å². The molecule has 104 valence electrons. The van der Waals surface area contributed by atoms with E-state index in [2.05, 4.69) is 65.2 Å². The van der Waals surface area contributed by atoms with Gasteiger partial charge < -0.3 is 14.5 Å². The van der Waals surface area contributed by atoms with Crippen molar-refractivity contribution in [1.29, 1.82) is 0 Å². The number of rotatable bonds is 4. The highest BCUT2D eigenvalue weighted by atomic mass is 15.1. The molecule has 0 unspecified atom stereocenters. The number of nitrogens with one attached hydrogen (secondary N) is 1. The van der Waals surface area contributed by atoms with E-state index in [4.69, 9.17) is 4.98 Å². The molecule has 0 spiro atoms. The highest BCUT2D eigenvalue weighted by molar-refractivity contribution is 5.95. The van der Waals surface area contributed by atoms with Gasteiger partial charge in [0, 0.05) is 55.9 Å². The lowest BCUT2D eigenvalue weighted by Gasteiger charge is -1.99. The molecule has 0 aliphatic carbocycles. The van der Waals surface area contributed by atoms with Gasteiger partial charge >= 0.3 is 0 Å². The van der Waals surface area contributed by atoms with Crippen LogP contribution in [0.5, 0.6) is 0 Å². The molecule has 0 bridgehead atoms. The van der Waals surface area contributed by atoms with Crippen LogP contribution in [-0.4, -0.2) is 27.7 Å². The Morgan fingerprint density at radius 1 is 1.10 bits per heavy atom. The van der Waals surface area contributed by atoms with Gasteiger partial charge in [0.05, 0.1) is 5.69 Å². The third-order valence-corrected chi connectivity index (χ3v) is 3.74. The van der Waals surface area contributed by atoms with E-state index < -0.39 is 0 Å². The van der Waals surface area contributed by atoms with Crippen LogP contribution in [0.25, 0.3) is 22.2 Å². The highest BCUT2D eigenvalue weighted by Crippen LogP contribution is 2.29. The summed E-state index contributed by atoms with van der Waals surface area (Å²) in [4.78, 5) is 4.79. The molecule has 4 heteroatoms. The number of nitrogens with zero attached hydrogens (tertiary/aromatic N) is 3. The highest BCUT2D eigenvalue weighted by Gasteiger charge is 2.12. The quantitative estimate of drug-likeness (QED) is 0.788. The molecule has 4 nitrogen and oxygen atoms in total. The molecule has 1 N–H and O–H groups in total. The minimum Gasteiger partial charge on any atom is -0.350 e. The van der Waals surface area contributed by atoms with Crippen molar-refractivity contribution in [2.75, 3.05) is 13.6 Å². The van der Waals surface area contributed by atoms with Crippen molar-refractivity contribution >= 4 is 10.9 Å². The number of hydrogen-bond donors (Lipinski definition) is 1. The summed E-state index contributed by atoms with van der Waals surface area (Å²) in [6.45, 7) is 0.944. The summed E-state index contributed by atoms with van der Waals surface area (Å²) < 4.78 is 4.28. The lowest BCUT2D eigenvalue weighted by molar-refractivity contribution is 0.718. The predicted octanol–water partition coefficient (Wildman–Crippen LogP) is 2.34. The number of para-hydroxylation sites is 1. The summed E-state index contributed by atoms with van der Waals surface area (Å²) in [6, 6.07) is 8.45. The lowest BCUT2D eigenvalue weighted by Crippen LogP contribution is -2.12. The van der Waals surface area contributed by atoms with Crippen LogP contribution in [0.1, 0.15) is 5.82 Å². The Hall–Kier alpha value is -2.07. The summed E-state index contributed by atoms with van der Waals surface area (Å²) in [5, 5.41) is 4.43. The van der Waals surface area contributed by atoms with Crippen LogP contribution in [-0.2, 0) is 20.5 Å². The van der Waals surface area contributed by atoms with E-state index in [0.29, 0.717) is 0 Å². The monoisotopic (exact) mass is 268 g/mol. The standard InChI is InChI=1S/C16H20N4/c1-17-9-8-16-18-14(11-20(16)3)13-10-19(2)15-7-5-4-6-12(13)15/h4-7,10-11,17H,8-9H2,1-3H3. The molecule has 20 heavy (non-hydrogen) atoms. The van der Waals surface area contributed by atoms with Crippen molar-refractivity contribution in [3.63, 3.8) is 0 Å². The van der Waals surface area contributed by atoms with Gasteiger partial charge in [0.1, 0.15) is 5.82 Å². The Kier molecular flexibility index (Phi) is 3.32. The Bertz CT molecular complexity index is 736. The van der Waals surface area contributed by atoms with Gasteiger partial charge in [0.25, 0.3) is 0 Å².